The van der Waals surface area contributed by atoms with E-state index in [0.29, 0.717) is 12.5 Å². The van der Waals surface area contributed by atoms with Gasteiger partial charge in [0.1, 0.15) is 5.82 Å². The lowest BCUT2D eigenvalue weighted by molar-refractivity contribution is 0.190. The molecule has 1 aromatic heterocycles. The Morgan fingerprint density at radius 3 is 3.23 bits per heavy atom. The zero-order chi connectivity index (χ0) is 9.26. The predicted octanol–water partition coefficient (Wildman–Crippen LogP) is 1.00. The molecule has 0 spiro atoms. The number of aryl methyl sites for hydroxylation is 2. The second-order valence-corrected chi connectivity index (χ2v) is 3.74. The topological polar surface area (TPSA) is 38.0 Å². The molecule has 0 saturated carbocycles. The van der Waals surface area contributed by atoms with E-state index in [-0.39, 0.29) is 0 Å². The number of rotatable bonds is 2. The molecule has 1 N–H and O–H groups in total. The van der Waals surface area contributed by atoms with Crippen LogP contribution in [0.1, 0.15) is 24.9 Å². The summed E-state index contributed by atoms with van der Waals surface area (Å²) in [6.07, 6.45) is 5.23. The Morgan fingerprint density at radius 1 is 1.69 bits per heavy atom. The summed E-state index contributed by atoms with van der Waals surface area (Å²) >= 11 is 0. The largest absolute Gasteiger partial charge is 0.396 e. The fraction of sp³-hybridized carbons (Fsp3) is 0.700. The molecule has 3 nitrogen and oxygen atoms in total. The van der Waals surface area contributed by atoms with E-state index >= 15 is 0 Å². The first kappa shape index (κ1) is 8.75. The molecule has 0 aromatic carbocycles. The van der Waals surface area contributed by atoms with E-state index in [2.05, 4.69) is 22.7 Å². The molecular weight excluding hydrogens is 164 g/mol. The van der Waals surface area contributed by atoms with Gasteiger partial charge in [0, 0.05) is 31.7 Å². The zero-order valence-corrected chi connectivity index (χ0v) is 8.03. The van der Waals surface area contributed by atoms with Crippen molar-refractivity contribution in [3.05, 3.63) is 17.7 Å². The van der Waals surface area contributed by atoms with Gasteiger partial charge < -0.3 is 9.67 Å². The number of fused-ring (bicyclic) bond motifs is 1. The van der Waals surface area contributed by atoms with Crippen LogP contribution in [-0.4, -0.2) is 21.3 Å². The molecule has 0 bridgehead atoms. The van der Waals surface area contributed by atoms with Gasteiger partial charge in [-0.05, 0) is 12.8 Å². The summed E-state index contributed by atoms with van der Waals surface area (Å²) < 4.78 is 2.20. The van der Waals surface area contributed by atoms with Crippen LogP contribution in [0.2, 0.25) is 0 Å². The van der Waals surface area contributed by atoms with Crippen molar-refractivity contribution in [2.75, 3.05) is 6.61 Å². The maximum Gasteiger partial charge on any atom is 0.108 e. The molecule has 13 heavy (non-hydrogen) atoms. The molecule has 0 amide bonds. The Morgan fingerprint density at radius 2 is 2.54 bits per heavy atom. The lowest BCUT2D eigenvalue weighted by Crippen LogP contribution is -2.22. The Labute approximate surface area is 78.4 Å². The van der Waals surface area contributed by atoms with Crippen molar-refractivity contribution >= 4 is 0 Å². The summed E-state index contributed by atoms with van der Waals surface area (Å²) in [5.74, 6) is 1.63. The third kappa shape index (κ3) is 1.61. The van der Waals surface area contributed by atoms with Crippen LogP contribution in [0.25, 0.3) is 0 Å². The predicted molar refractivity (Wildman–Crippen MR) is 50.5 cm³/mol. The Bertz CT molecular complexity index is 293. The van der Waals surface area contributed by atoms with Gasteiger partial charge in [0.15, 0.2) is 0 Å². The molecule has 0 aliphatic carbocycles. The van der Waals surface area contributed by atoms with E-state index in [1.807, 2.05) is 0 Å². The van der Waals surface area contributed by atoms with Gasteiger partial charge in [0.2, 0.25) is 0 Å². The van der Waals surface area contributed by atoms with Crippen LogP contribution >= 0.6 is 0 Å². The number of hydrogen-bond donors (Lipinski definition) is 1. The van der Waals surface area contributed by atoms with E-state index in [9.17, 15) is 0 Å². The van der Waals surface area contributed by atoms with Gasteiger partial charge in [0.05, 0.1) is 5.69 Å². The second kappa shape index (κ2) is 3.50. The molecule has 1 aliphatic rings. The highest BCUT2D eigenvalue weighted by atomic mass is 16.3. The highest BCUT2D eigenvalue weighted by Crippen LogP contribution is 2.19. The Kier molecular flexibility index (Phi) is 2.36. The number of aliphatic hydroxyl groups is 1. The SMILES string of the molecule is CCc1cn2c(n1)CCC(CO)C2. The molecule has 1 unspecified atom stereocenters. The highest BCUT2D eigenvalue weighted by molar-refractivity contribution is 5.06. The minimum atomic E-state index is 0.305. The molecule has 3 heteroatoms. The summed E-state index contributed by atoms with van der Waals surface area (Å²) in [4.78, 5) is 4.52. The van der Waals surface area contributed by atoms with Crippen molar-refractivity contribution in [1.29, 1.82) is 0 Å². The Balaban J connectivity index is 2.19. The van der Waals surface area contributed by atoms with Gasteiger partial charge in [-0.1, -0.05) is 6.92 Å². The molecule has 1 aliphatic heterocycles. The van der Waals surface area contributed by atoms with E-state index in [1.54, 1.807) is 0 Å². The summed E-state index contributed by atoms with van der Waals surface area (Å²) in [6.45, 7) is 3.37. The smallest absolute Gasteiger partial charge is 0.108 e. The first-order valence-electron chi connectivity index (χ1n) is 4.99. The molecule has 0 fully saturated rings. The van der Waals surface area contributed by atoms with Crippen LogP contribution < -0.4 is 0 Å². The first-order chi connectivity index (χ1) is 6.33. The van der Waals surface area contributed by atoms with Crippen molar-refractivity contribution in [3.63, 3.8) is 0 Å². The normalized spacial score (nSPS) is 21.5. The van der Waals surface area contributed by atoms with Gasteiger partial charge >= 0.3 is 0 Å². The van der Waals surface area contributed by atoms with Gasteiger partial charge in [-0.3, -0.25) is 0 Å². The number of imidazole rings is 1. The van der Waals surface area contributed by atoms with Gasteiger partial charge in [-0.2, -0.15) is 0 Å². The summed E-state index contributed by atoms with van der Waals surface area (Å²) in [7, 11) is 0. The average molecular weight is 180 g/mol. The molecule has 1 aromatic rings. The van der Waals surface area contributed by atoms with Crippen molar-refractivity contribution in [1.82, 2.24) is 9.55 Å². The van der Waals surface area contributed by atoms with E-state index < -0.39 is 0 Å². The molecule has 1 atom stereocenters. The van der Waals surface area contributed by atoms with Crippen LogP contribution in [0.15, 0.2) is 6.20 Å². The van der Waals surface area contributed by atoms with E-state index in [1.165, 1.54) is 11.5 Å². The van der Waals surface area contributed by atoms with Gasteiger partial charge in [0.25, 0.3) is 0 Å². The highest BCUT2D eigenvalue weighted by Gasteiger charge is 2.18. The molecule has 2 heterocycles. The number of nitrogens with zero attached hydrogens (tertiary/aromatic N) is 2. The van der Waals surface area contributed by atoms with Crippen LogP contribution in [0.4, 0.5) is 0 Å². The third-order valence-electron chi connectivity index (χ3n) is 2.76. The van der Waals surface area contributed by atoms with Crippen molar-refractivity contribution in [3.8, 4) is 0 Å². The van der Waals surface area contributed by atoms with Crippen molar-refractivity contribution in [2.45, 2.75) is 32.7 Å². The van der Waals surface area contributed by atoms with Crippen molar-refractivity contribution in [2.24, 2.45) is 5.92 Å². The van der Waals surface area contributed by atoms with Crippen LogP contribution in [-0.2, 0) is 19.4 Å². The van der Waals surface area contributed by atoms with Crippen molar-refractivity contribution < 1.29 is 5.11 Å². The van der Waals surface area contributed by atoms with Crippen LogP contribution in [0.3, 0.4) is 0 Å². The summed E-state index contributed by atoms with van der Waals surface area (Å²) in [5.41, 5.74) is 1.17. The fourth-order valence-electron chi connectivity index (χ4n) is 1.89. The van der Waals surface area contributed by atoms with Crippen LogP contribution in [0.5, 0.6) is 0 Å². The quantitative estimate of drug-likeness (QED) is 0.737. The number of aromatic nitrogens is 2. The molecule has 0 saturated heterocycles. The number of aliphatic hydroxyl groups excluding tert-OH is 1. The minimum absolute atomic E-state index is 0.305. The van der Waals surface area contributed by atoms with Crippen LogP contribution in [0, 0.1) is 5.92 Å². The minimum Gasteiger partial charge on any atom is -0.396 e. The number of hydrogen-bond acceptors (Lipinski definition) is 2. The lowest BCUT2D eigenvalue weighted by Gasteiger charge is -2.21. The zero-order valence-electron chi connectivity index (χ0n) is 8.03. The molecule has 0 radical (unpaired) electrons. The summed E-state index contributed by atoms with van der Waals surface area (Å²) in [6, 6.07) is 0. The average Bonchev–Trinajstić information content (AvgIpc) is 2.58. The third-order valence-corrected chi connectivity index (χ3v) is 2.76. The first-order valence-corrected chi connectivity index (χ1v) is 4.99. The standard InChI is InChI=1S/C10H16N2O/c1-2-9-6-12-5-8(7-13)3-4-10(12)11-9/h6,8,13H,2-5,7H2,1H3. The maximum absolute atomic E-state index is 9.05. The molecule has 2 rings (SSSR count). The van der Waals surface area contributed by atoms with Gasteiger partial charge in [-0.25, -0.2) is 4.98 Å². The second-order valence-electron chi connectivity index (χ2n) is 3.74. The lowest BCUT2D eigenvalue weighted by atomic mass is 10.0. The van der Waals surface area contributed by atoms with E-state index in [4.69, 9.17) is 5.11 Å². The molecule has 72 valence electrons. The maximum atomic E-state index is 9.05. The fourth-order valence-corrected chi connectivity index (χ4v) is 1.89. The van der Waals surface area contributed by atoms with E-state index in [0.717, 1.165) is 25.8 Å². The Hall–Kier alpha value is -0.830. The monoisotopic (exact) mass is 180 g/mol. The van der Waals surface area contributed by atoms with Gasteiger partial charge in [-0.15, -0.1) is 0 Å². The molecular formula is C10H16N2O. The summed E-state index contributed by atoms with van der Waals surface area (Å²) in [5, 5.41) is 9.05.